The van der Waals surface area contributed by atoms with Crippen molar-refractivity contribution in [1.82, 2.24) is 14.0 Å². The summed E-state index contributed by atoms with van der Waals surface area (Å²) in [5.74, 6) is -1.81. The van der Waals surface area contributed by atoms with Gasteiger partial charge in [0.15, 0.2) is 0 Å². The average Bonchev–Trinajstić information content (AvgIpc) is 3.40. The minimum atomic E-state index is -1.31. The number of hydrogen-bond acceptors (Lipinski definition) is 4. The first kappa shape index (κ1) is 22.9. The predicted octanol–water partition coefficient (Wildman–Crippen LogP) is 3.97. The second kappa shape index (κ2) is 9.38. The van der Waals surface area contributed by atoms with Gasteiger partial charge in [0.05, 0.1) is 11.2 Å². The molecular weight excluding hydrogens is 447 g/mol. The molecule has 0 aliphatic carbocycles. The smallest absolute Gasteiger partial charge is 0.341 e. The third-order valence-electron chi connectivity index (χ3n) is 6.68. The maximum absolute atomic E-state index is 15.1. The third kappa shape index (κ3) is 4.44. The van der Waals surface area contributed by atoms with Crippen molar-refractivity contribution in [3.63, 3.8) is 0 Å². The molecule has 1 saturated heterocycles. The number of rotatable bonds is 6. The Morgan fingerprint density at radius 1 is 1.03 bits per heavy atom. The molecule has 5 rings (SSSR count). The summed E-state index contributed by atoms with van der Waals surface area (Å²) in [7, 11) is 0. The van der Waals surface area contributed by atoms with Gasteiger partial charge >= 0.3 is 5.97 Å². The number of carbonyl (C=O) groups is 1. The number of anilines is 1. The predicted molar refractivity (Wildman–Crippen MR) is 134 cm³/mol. The van der Waals surface area contributed by atoms with Crippen LogP contribution in [0.5, 0.6) is 0 Å². The van der Waals surface area contributed by atoms with E-state index in [9.17, 15) is 14.7 Å². The van der Waals surface area contributed by atoms with E-state index >= 15 is 4.39 Å². The largest absolute Gasteiger partial charge is 0.477 e. The van der Waals surface area contributed by atoms with E-state index in [0.717, 1.165) is 25.3 Å². The van der Waals surface area contributed by atoms with Crippen LogP contribution in [0.2, 0.25) is 0 Å². The first-order valence-corrected chi connectivity index (χ1v) is 11.7. The van der Waals surface area contributed by atoms with E-state index < -0.39 is 17.2 Å². The molecule has 1 aliphatic rings. The van der Waals surface area contributed by atoms with Gasteiger partial charge in [-0.05, 0) is 48.9 Å². The first-order chi connectivity index (χ1) is 16.9. The Balaban J connectivity index is 1.31. The number of benzene rings is 2. The minimum Gasteiger partial charge on any atom is -0.477 e. The number of hydrogen-bond donors (Lipinski definition) is 1. The Labute approximate surface area is 202 Å². The van der Waals surface area contributed by atoms with Crippen molar-refractivity contribution in [3.8, 4) is 5.69 Å². The lowest BCUT2D eigenvalue weighted by atomic mass is 10.1. The number of piperazine rings is 1. The zero-order chi connectivity index (χ0) is 24.5. The zero-order valence-electron chi connectivity index (χ0n) is 19.5. The van der Waals surface area contributed by atoms with Gasteiger partial charge < -0.3 is 19.1 Å². The molecule has 35 heavy (non-hydrogen) atoms. The summed E-state index contributed by atoms with van der Waals surface area (Å²) in [4.78, 5) is 28.4. The molecule has 2 aromatic carbocycles. The van der Waals surface area contributed by atoms with Crippen LogP contribution in [0.3, 0.4) is 0 Å². The summed E-state index contributed by atoms with van der Waals surface area (Å²) in [6.45, 7) is 6.06. The summed E-state index contributed by atoms with van der Waals surface area (Å²) in [5, 5.41) is 9.43. The van der Waals surface area contributed by atoms with Gasteiger partial charge in [0, 0.05) is 68.9 Å². The molecular formula is C27H27FN4O3. The molecule has 180 valence electrons. The summed E-state index contributed by atoms with van der Waals surface area (Å²) in [6.07, 6.45) is 5.38. The lowest BCUT2D eigenvalue weighted by Gasteiger charge is -2.36. The topological polar surface area (TPSA) is 70.7 Å². The fourth-order valence-corrected chi connectivity index (χ4v) is 4.74. The lowest BCUT2D eigenvalue weighted by molar-refractivity contribution is 0.0695. The molecule has 0 saturated carbocycles. The Kier molecular flexibility index (Phi) is 6.13. The van der Waals surface area contributed by atoms with Crippen LogP contribution >= 0.6 is 0 Å². The Bertz CT molecular complexity index is 1420. The number of pyridine rings is 1. The van der Waals surface area contributed by atoms with Crippen molar-refractivity contribution in [1.29, 1.82) is 0 Å². The van der Waals surface area contributed by atoms with Crippen molar-refractivity contribution in [3.05, 3.63) is 94.3 Å². The number of fused-ring (bicyclic) bond motifs is 1. The van der Waals surface area contributed by atoms with Gasteiger partial charge in [0.1, 0.15) is 11.4 Å². The zero-order valence-corrected chi connectivity index (χ0v) is 19.5. The number of halogens is 1. The van der Waals surface area contributed by atoms with Gasteiger partial charge in [-0.1, -0.05) is 12.1 Å². The van der Waals surface area contributed by atoms with Crippen molar-refractivity contribution in [2.75, 3.05) is 31.1 Å². The van der Waals surface area contributed by atoms with E-state index in [1.807, 2.05) is 36.4 Å². The highest BCUT2D eigenvalue weighted by atomic mass is 19.1. The Hall–Kier alpha value is -3.91. The van der Waals surface area contributed by atoms with Gasteiger partial charge in [-0.15, -0.1) is 0 Å². The molecule has 8 heteroatoms. The highest BCUT2D eigenvalue weighted by Crippen LogP contribution is 2.27. The number of aromatic carboxylic acids is 1. The van der Waals surface area contributed by atoms with E-state index in [0.29, 0.717) is 30.8 Å². The molecule has 4 aromatic rings. The standard InChI is InChI=1S/C27H27FN4O3/c1-2-30-18-22(27(34)35)26(33)21-15-23(28)25(16-24(21)30)32-13-11-29(12-14-32)17-19-5-7-20(8-6-19)31-9-3-4-10-31/h3-10,15-16,18H,2,11-14,17H2,1H3,(H,34,35). The SMILES string of the molecule is CCn1cc(C(=O)O)c(=O)c2cc(F)c(N3CCN(Cc4ccc(-n5cccc5)cc4)CC3)cc21. The van der Waals surface area contributed by atoms with Gasteiger partial charge in [0.2, 0.25) is 5.43 Å². The maximum Gasteiger partial charge on any atom is 0.341 e. The van der Waals surface area contributed by atoms with Crippen LogP contribution in [-0.4, -0.2) is 51.3 Å². The number of aromatic nitrogens is 2. The van der Waals surface area contributed by atoms with E-state index in [-0.39, 0.29) is 10.9 Å². The van der Waals surface area contributed by atoms with Crippen molar-refractivity contribution >= 4 is 22.6 Å². The fraction of sp³-hybridized carbons (Fsp3) is 0.259. The van der Waals surface area contributed by atoms with Gasteiger partial charge in [-0.25, -0.2) is 9.18 Å². The van der Waals surface area contributed by atoms with Crippen molar-refractivity contribution in [2.45, 2.75) is 20.0 Å². The third-order valence-corrected chi connectivity index (χ3v) is 6.68. The van der Waals surface area contributed by atoms with Gasteiger partial charge in [-0.2, -0.15) is 0 Å². The highest BCUT2D eigenvalue weighted by molar-refractivity contribution is 5.93. The molecule has 0 radical (unpaired) electrons. The van der Waals surface area contributed by atoms with Crippen LogP contribution in [-0.2, 0) is 13.1 Å². The number of nitrogens with zero attached hydrogens (tertiary/aromatic N) is 4. The van der Waals surface area contributed by atoms with E-state index in [2.05, 4.69) is 33.7 Å². The fourth-order valence-electron chi connectivity index (χ4n) is 4.74. The van der Waals surface area contributed by atoms with Gasteiger partial charge in [-0.3, -0.25) is 9.69 Å². The molecule has 1 N–H and O–H groups in total. The van der Waals surface area contributed by atoms with Gasteiger partial charge in [0.25, 0.3) is 0 Å². The summed E-state index contributed by atoms with van der Waals surface area (Å²) < 4.78 is 18.9. The van der Waals surface area contributed by atoms with E-state index in [1.165, 1.54) is 17.8 Å². The minimum absolute atomic E-state index is 0.0926. The molecule has 2 aromatic heterocycles. The highest BCUT2D eigenvalue weighted by Gasteiger charge is 2.22. The molecule has 0 spiro atoms. The number of carboxylic acid groups (broad SMARTS) is 1. The molecule has 1 aliphatic heterocycles. The normalized spacial score (nSPS) is 14.5. The molecule has 0 amide bonds. The monoisotopic (exact) mass is 474 g/mol. The Morgan fingerprint density at radius 3 is 2.34 bits per heavy atom. The van der Waals surface area contributed by atoms with E-state index in [4.69, 9.17) is 0 Å². The maximum atomic E-state index is 15.1. The van der Waals surface area contributed by atoms with Crippen LogP contribution in [0.25, 0.3) is 16.6 Å². The van der Waals surface area contributed by atoms with Crippen LogP contribution in [0.1, 0.15) is 22.8 Å². The average molecular weight is 475 g/mol. The molecule has 0 bridgehead atoms. The summed E-state index contributed by atoms with van der Waals surface area (Å²) in [6, 6.07) is 15.4. The van der Waals surface area contributed by atoms with Crippen molar-refractivity contribution < 1.29 is 14.3 Å². The second-order valence-corrected chi connectivity index (χ2v) is 8.80. The number of aryl methyl sites for hydroxylation is 1. The summed E-state index contributed by atoms with van der Waals surface area (Å²) in [5.41, 5.74) is 2.34. The molecule has 0 atom stereocenters. The van der Waals surface area contributed by atoms with E-state index in [1.54, 1.807) is 10.6 Å². The lowest BCUT2D eigenvalue weighted by Crippen LogP contribution is -2.46. The summed E-state index contributed by atoms with van der Waals surface area (Å²) >= 11 is 0. The molecule has 3 heterocycles. The molecule has 7 nitrogen and oxygen atoms in total. The van der Waals surface area contributed by atoms with Crippen LogP contribution in [0, 0.1) is 5.82 Å². The van der Waals surface area contributed by atoms with Crippen LogP contribution in [0.15, 0.2) is 71.9 Å². The number of carboxylic acids is 1. The molecule has 1 fully saturated rings. The second-order valence-electron chi connectivity index (χ2n) is 8.80. The molecule has 0 unspecified atom stereocenters. The van der Waals surface area contributed by atoms with Crippen LogP contribution < -0.4 is 10.3 Å². The first-order valence-electron chi connectivity index (χ1n) is 11.7. The quantitative estimate of drug-likeness (QED) is 0.458. The van der Waals surface area contributed by atoms with Crippen LogP contribution in [0.4, 0.5) is 10.1 Å². The van der Waals surface area contributed by atoms with Crippen molar-refractivity contribution in [2.24, 2.45) is 0 Å². The Morgan fingerprint density at radius 2 is 1.71 bits per heavy atom.